The summed E-state index contributed by atoms with van der Waals surface area (Å²) in [6.07, 6.45) is 1.64. The Morgan fingerprint density at radius 1 is 1.14 bits per heavy atom. The summed E-state index contributed by atoms with van der Waals surface area (Å²) >= 11 is 0. The van der Waals surface area contributed by atoms with E-state index >= 15 is 0 Å². The van der Waals surface area contributed by atoms with Crippen LogP contribution in [0.15, 0.2) is 42.5 Å². The van der Waals surface area contributed by atoms with Crippen LogP contribution in [-0.4, -0.2) is 36.5 Å². The monoisotopic (exact) mass is 396 g/mol. The topological polar surface area (TPSA) is 95.9 Å². The normalized spacial score (nSPS) is 13.0. The van der Waals surface area contributed by atoms with Crippen LogP contribution in [0.4, 0.5) is 5.69 Å². The van der Waals surface area contributed by atoms with E-state index in [2.05, 4.69) is 5.32 Å². The number of benzene rings is 2. The van der Waals surface area contributed by atoms with Crippen molar-refractivity contribution in [1.29, 1.82) is 0 Å². The molecular formula is C22H24N2O5. The highest BCUT2D eigenvalue weighted by molar-refractivity contribution is 5.98. The number of anilines is 1. The Morgan fingerprint density at radius 2 is 1.90 bits per heavy atom. The van der Waals surface area contributed by atoms with Crippen LogP contribution in [0, 0.1) is 0 Å². The van der Waals surface area contributed by atoms with Crippen molar-refractivity contribution in [2.24, 2.45) is 0 Å². The molecule has 2 aromatic carbocycles. The van der Waals surface area contributed by atoms with Crippen molar-refractivity contribution in [3.8, 4) is 5.75 Å². The van der Waals surface area contributed by atoms with Crippen molar-refractivity contribution in [1.82, 2.24) is 5.32 Å². The molecule has 0 saturated carbocycles. The highest BCUT2D eigenvalue weighted by Gasteiger charge is 2.21. The standard InChI is InChI=1S/C22H24N2O5/c1-24-19-10-6-17(13-16(19)7-11-20(24)25)22(28)23-14-15-4-8-18(9-5-15)29-12-2-3-21(26)27/h4-6,8-10,13H,2-3,7,11-12,14H2,1H3,(H,23,28)(H,26,27). The number of amides is 2. The molecule has 152 valence electrons. The van der Waals surface area contributed by atoms with E-state index in [4.69, 9.17) is 9.84 Å². The lowest BCUT2D eigenvalue weighted by atomic mass is 9.99. The number of hydrogen-bond acceptors (Lipinski definition) is 4. The number of ether oxygens (including phenoxy) is 1. The molecule has 0 atom stereocenters. The van der Waals surface area contributed by atoms with E-state index in [9.17, 15) is 14.4 Å². The molecule has 1 aliphatic rings. The average Bonchev–Trinajstić information content (AvgIpc) is 2.72. The van der Waals surface area contributed by atoms with E-state index in [1.807, 2.05) is 24.3 Å². The van der Waals surface area contributed by atoms with Gasteiger partial charge in [-0.15, -0.1) is 0 Å². The van der Waals surface area contributed by atoms with Gasteiger partial charge in [-0.05, 0) is 54.3 Å². The van der Waals surface area contributed by atoms with Crippen molar-refractivity contribution in [2.45, 2.75) is 32.2 Å². The molecule has 29 heavy (non-hydrogen) atoms. The molecule has 3 rings (SSSR count). The Bertz CT molecular complexity index is 908. The lowest BCUT2D eigenvalue weighted by Crippen LogP contribution is -2.31. The van der Waals surface area contributed by atoms with E-state index in [1.54, 1.807) is 30.1 Å². The summed E-state index contributed by atoms with van der Waals surface area (Å²) in [5.41, 5.74) is 3.37. The van der Waals surface area contributed by atoms with Gasteiger partial charge in [0.05, 0.1) is 6.61 Å². The van der Waals surface area contributed by atoms with Crippen LogP contribution < -0.4 is 15.0 Å². The van der Waals surface area contributed by atoms with Gasteiger partial charge in [0.15, 0.2) is 0 Å². The van der Waals surface area contributed by atoms with Crippen LogP contribution in [0.2, 0.25) is 0 Å². The number of aliphatic carboxylic acids is 1. The molecule has 1 aliphatic heterocycles. The highest BCUT2D eigenvalue weighted by Crippen LogP contribution is 2.27. The summed E-state index contributed by atoms with van der Waals surface area (Å²) < 4.78 is 5.50. The van der Waals surface area contributed by atoms with Gasteiger partial charge < -0.3 is 20.1 Å². The highest BCUT2D eigenvalue weighted by atomic mass is 16.5. The Morgan fingerprint density at radius 3 is 2.62 bits per heavy atom. The second-order valence-electron chi connectivity index (χ2n) is 6.97. The Kier molecular flexibility index (Phi) is 6.49. The van der Waals surface area contributed by atoms with Crippen LogP contribution in [0.5, 0.6) is 5.75 Å². The summed E-state index contributed by atoms with van der Waals surface area (Å²) in [5.74, 6) is -0.247. The minimum atomic E-state index is -0.834. The fourth-order valence-electron chi connectivity index (χ4n) is 3.20. The minimum Gasteiger partial charge on any atom is -0.494 e. The molecule has 0 aromatic heterocycles. The number of carbonyl (C=O) groups excluding carboxylic acids is 2. The summed E-state index contributed by atoms with van der Waals surface area (Å²) in [5, 5.41) is 11.5. The SMILES string of the molecule is CN1C(=O)CCc2cc(C(=O)NCc3ccc(OCCCC(=O)O)cc3)ccc21. The number of carboxylic acids is 1. The van der Waals surface area contributed by atoms with Crippen LogP contribution in [0.25, 0.3) is 0 Å². The average molecular weight is 396 g/mol. The molecule has 0 saturated heterocycles. The zero-order valence-electron chi connectivity index (χ0n) is 16.3. The molecule has 0 radical (unpaired) electrons. The van der Waals surface area contributed by atoms with Gasteiger partial charge in [-0.25, -0.2) is 0 Å². The first-order valence-electron chi connectivity index (χ1n) is 9.55. The number of fused-ring (bicyclic) bond motifs is 1. The van der Waals surface area contributed by atoms with E-state index in [-0.39, 0.29) is 18.2 Å². The molecule has 2 N–H and O–H groups in total. The molecule has 2 aromatic rings. The maximum Gasteiger partial charge on any atom is 0.303 e. The van der Waals surface area contributed by atoms with Crippen molar-refractivity contribution < 1.29 is 24.2 Å². The summed E-state index contributed by atoms with van der Waals surface area (Å²) in [7, 11) is 1.75. The third-order valence-corrected chi connectivity index (χ3v) is 4.87. The van der Waals surface area contributed by atoms with Crippen LogP contribution >= 0.6 is 0 Å². The number of carbonyl (C=O) groups is 3. The number of nitrogens with one attached hydrogen (secondary N) is 1. The lowest BCUT2D eigenvalue weighted by Gasteiger charge is -2.26. The lowest BCUT2D eigenvalue weighted by molar-refractivity contribution is -0.137. The second-order valence-corrected chi connectivity index (χ2v) is 6.97. The van der Waals surface area contributed by atoms with Crippen molar-refractivity contribution in [2.75, 3.05) is 18.6 Å². The first-order chi connectivity index (χ1) is 13.9. The Labute approximate surface area is 169 Å². The molecule has 7 heteroatoms. The molecule has 1 heterocycles. The third-order valence-electron chi connectivity index (χ3n) is 4.87. The molecule has 0 spiro atoms. The van der Waals surface area contributed by atoms with Gasteiger partial charge >= 0.3 is 5.97 Å². The maximum atomic E-state index is 12.5. The Balaban J connectivity index is 1.52. The van der Waals surface area contributed by atoms with Gasteiger partial charge in [0.1, 0.15) is 5.75 Å². The molecule has 0 aliphatic carbocycles. The first-order valence-corrected chi connectivity index (χ1v) is 9.55. The summed E-state index contributed by atoms with van der Waals surface area (Å²) in [6, 6.07) is 12.7. The zero-order valence-corrected chi connectivity index (χ0v) is 16.3. The molecule has 0 bridgehead atoms. The van der Waals surface area contributed by atoms with Gasteiger partial charge in [0.25, 0.3) is 5.91 Å². The van der Waals surface area contributed by atoms with Crippen LogP contribution in [-0.2, 0) is 22.6 Å². The minimum absolute atomic E-state index is 0.0827. The predicted molar refractivity (Wildman–Crippen MR) is 108 cm³/mol. The number of rotatable bonds is 8. The van der Waals surface area contributed by atoms with Gasteiger partial charge in [-0.2, -0.15) is 0 Å². The number of hydrogen-bond donors (Lipinski definition) is 2. The fourth-order valence-corrected chi connectivity index (χ4v) is 3.20. The zero-order chi connectivity index (χ0) is 20.8. The van der Waals surface area contributed by atoms with Crippen molar-refractivity contribution in [3.63, 3.8) is 0 Å². The molecular weight excluding hydrogens is 372 g/mol. The maximum absolute atomic E-state index is 12.5. The van der Waals surface area contributed by atoms with E-state index in [0.717, 1.165) is 16.8 Å². The largest absolute Gasteiger partial charge is 0.494 e. The molecule has 0 unspecified atom stereocenters. The van der Waals surface area contributed by atoms with Gasteiger partial charge in [0.2, 0.25) is 5.91 Å². The molecule has 0 fully saturated rings. The number of carboxylic acid groups (broad SMARTS) is 1. The third kappa shape index (κ3) is 5.34. The Hall–Kier alpha value is -3.35. The molecule has 7 nitrogen and oxygen atoms in total. The van der Waals surface area contributed by atoms with Gasteiger partial charge in [-0.3, -0.25) is 14.4 Å². The number of aryl methyl sites for hydroxylation is 1. The fraction of sp³-hybridized carbons (Fsp3) is 0.318. The second kappa shape index (κ2) is 9.23. The van der Waals surface area contributed by atoms with Crippen LogP contribution in [0.1, 0.15) is 40.7 Å². The van der Waals surface area contributed by atoms with E-state index in [0.29, 0.717) is 43.7 Å². The van der Waals surface area contributed by atoms with E-state index in [1.165, 1.54) is 0 Å². The first kappa shape index (κ1) is 20.4. The van der Waals surface area contributed by atoms with E-state index < -0.39 is 5.97 Å². The summed E-state index contributed by atoms with van der Waals surface area (Å²) in [4.78, 5) is 36.4. The quantitative estimate of drug-likeness (QED) is 0.669. The molecule has 2 amide bonds. The van der Waals surface area contributed by atoms with Crippen molar-refractivity contribution >= 4 is 23.5 Å². The number of nitrogens with zero attached hydrogens (tertiary/aromatic N) is 1. The van der Waals surface area contributed by atoms with Crippen molar-refractivity contribution in [3.05, 3.63) is 59.2 Å². The van der Waals surface area contributed by atoms with Gasteiger partial charge in [-0.1, -0.05) is 12.1 Å². The summed E-state index contributed by atoms with van der Waals surface area (Å²) in [6.45, 7) is 0.731. The smallest absolute Gasteiger partial charge is 0.303 e. The van der Waals surface area contributed by atoms with Gasteiger partial charge in [0, 0.05) is 37.7 Å². The predicted octanol–water partition coefficient (Wildman–Crippen LogP) is 2.77. The van der Waals surface area contributed by atoms with Crippen LogP contribution in [0.3, 0.4) is 0 Å².